The van der Waals surface area contributed by atoms with Crippen molar-refractivity contribution >= 4 is 5.78 Å². The number of carbonyl (C=O) groups excluding carboxylic acids is 1. The van der Waals surface area contributed by atoms with Crippen LogP contribution in [0.25, 0.3) is 0 Å². The van der Waals surface area contributed by atoms with E-state index in [-0.39, 0.29) is 5.92 Å². The number of rotatable bonds is 1. The Hall–Kier alpha value is -0.590. The van der Waals surface area contributed by atoms with Gasteiger partial charge in [-0.25, -0.2) is 0 Å². The lowest BCUT2D eigenvalue weighted by Gasteiger charge is -2.41. The molecule has 0 spiro atoms. The van der Waals surface area contributed by atoms with E-state index in [1.807, 2.05) is 0 Å². The van der Waals surface area contributed by atoms with Crippen molar-refractivity contribution in [3.63, 3.8) is 0 Å². The number of hydrogen-bond donors (Lipinski definition) is 0. The van der Waals surface area contributed by atoms with Gasteiger partial charge in [-0.2, -0.15) is 0 Å². The standard InChI is InChI=1S/C15H22O/c1-8-6-13-11-4-5-12(7-11)15(13)9(2)14(8)10(3)16/h6,9,11-15H,4-5,7H2,1-3H3/t9-,11-,12+,13+,14+,15-/m1/s1. The molecule has 0 aliphatic heterocycles. The Kier molecular flexibility index (Phi) is 2.28. The van der Waals surface area contributed by atoms with E-state index in [0.29, 0.717) is 11.7 Å². The third-order valence-corrected chi connectivity index (χ3v) is 5.56. The molecular weight excluding hydrogens is 196 g/mol. The van der Waals surface area contributed by atoms with E-state index in [2.05, 4.69) is 19.9 Å². The largest absolute Gasteiger partial charge is 0.299 e. The predicted molar refractivity (Wildman–Crippen MR) is 64.9 cm³/mol. The Morgan fingerprint density at radius 1 is 1.31 bits per heavy atom. The third-order valence-electron chi connectivity index (χ3n) is 5.56. The third kappa shape index (κ3) is 1.26. The zero-order valence-corrected chi connectivity index (χ0v) is 10.6. The lowest BCUT2D eigenvalue weighted by Crippen LogP contribution is -2.38. The van der Waals surface area contributed by atoms with E-state index in [0.717, 1.165) is 23.7 Å². The van der Waals surface area contributed by atoms with E-state index < -0.39 is 0 Å². The van der Waals surface area contributed by atoms with Crippen LogP contribution in [0.2, 0.25) is 0 Å². The van der Waals surface area contributed by atoms with Crippen LogP contribution in [-0.4, -0.2) is 5.78 Å². The SMILES string of the molecule is CC(=O)[C@H]1C(C)=C[C@H]2[C@@H]3CC[C@@H](C3)[C@H]2[C@@H]1C. The molecule has 3 aliphatic carbocycles. The summed E-state index contributed by atoms with van der Waals surface area (Å²) < 4.78 is 0. The highest BCUT2D eigenvalue weighted by molar-refractivity contribution is 5.81. The van der Waals surface area contributed by atoms with Crippen molar-refractivity contribution in [2.75, 3.05) is 0 Å². The Bertz CT molecular complexity index is 354. The first-order chi connectivity index (χ1) is 7.59. The second-order valence-electron chi connectivity index (χ2n) is 6.35. The summed E-state index contributed by atoms with van der Waals surface area (Å²) in [6.07, 6.45) is 6.76. The number of carbonyl (C=O) groups is 1. The molecule has 2 bridgehead atoms. The molecule has 3 rings (SSSR count). The van der Waals surface area contributed by atoms with Crippen LogP contribution in [0.3, 0.4) is 0 Å². The summed E-state index contributed by atoms with van der Waals surface area (Å²) >= 11 is 0. The van der Waals surface area contributed by atoms with Crippen LogP contribution < -0.4 is 0 Å². The van der Waals surface area contributed by atoms with Gasteiger partial charge in [0.25, 0.3) is 0 Å². The van der Waals surface area contributed by atoms with Crippen molar-refractivity contribution < 1.29 is 4.79 Å². The second kappa shape index (κ2) is 3.45. The number of ketones is 1. The van der Waals surface area contributed by atoms with E-state index in [1.54, 1.807) is 6.92 Å². The van der Waals surface area contributed by atoms with Gasteiger partial charge < -0.3 is 0 Å². The van der Waals surface area contributed by atoms with Crippen molar-refractivity contribution in [1.82, 2.24) is 0 Å². The van der Waals surface area contributed by atoms with Crippen molar-refractivity contribution in [3.05, 3.63) is 11.6 Å². The summed E-state index contributed by atoms with van der Waals surface area (Å²) in [5.41, 5.74) is 1.36. The van der Waals surface area contributed by atoms with Gasteiger partial charge in [0.05, 0.1) is 0 Å². The zero-order valence-electron chi connectivity index (χ0n) is 10.6. The normalized spacial score (nSPS) is 50.1. The lowest BCUT2D eigenvalue weighted by molar-refractivity contribution is -0.122. The maximum absolute atomic E-state index is 11.8. The van der Waals surface area contributed by atoms with Crippen molar-refractivity contribution in [1.29, 1.82) is 0 Å². The van der Waals surface area contributed by atoms with E-state index in [9.17, 15) is 4.79 Å². The molecule has 0 unspecified atom stereocenters. The molecule has 3 aliphatic rings. The molecule has 2 saturated carbocycles. The quantitative estimate of drug-likeness (QED) is 0.616. The van der Waals surface area contributed by atoms with E-state index in [4.69, 9.17) is 0 Å². The van der Waals surface area contributed by atoms with Gasteiger partial charge in [0.1, 0.15) is 5.78 Å². The zero-order chi connectivity index (χ0) is 11.4. The first-order valence-electron chi connectivity index (χ1n) is 6.78. The second-order valence-corrected chi connectivity index (χ2v) is 6.35. The molecule has 16 heavy (non-hydrogen) atoms. The van der Waals surface area contributed by atoms with Crippen molar-refractivity contribution in [2.24, 2.45) is 35.5 Å². The summed E-state index contributed by atoms with van der Waals surface area (Å²) in [5.74, 6) is 4.68. The molecule has 0 N–H and O–H groups in total. The molecular formula is C15H22O. The van der Waals surface area contributed by atoms with Gasteiger partial charge in [-0.1, -0.05) is 18.6 Å². The number of Topliss-reactive ketones (excluding diaryl/α,β-unsaturated/α-hetero) is 1. The van der Waals surface area contributed by atoms with Crippen molar-refractivity contribution in [2.45, 2.75) is 40.0 Å². The van der Waals surface area contributed by atoms with Crippen LogP contribution in [0.1, 0.15) is 40.0 Å². The topological polar surface area (TPSA) is 17.1 Å². The van der Waals surface area contributed by atoms with Crippen LogP contribution >= 0.6 is 0 Å². The van der Waals surface area contributed by atoms with Crippen LogP contribution in [0.5, 0.6) is 0 Å². The van der Waals surface area contributed by atoms with E-state index >= 15 is 0 Å². The molecule has 1 heteroatoms. The molecule has 0 aromatic heterocycles. The number of hydrogen-bond acceptors (Lipinski definition) is 1. The van der Waals surface area contributed by atoms with Gasteiger partial charge in [-0.05, 0) is 62.7 Å². The number of fused-ring (bicyclic) bond motifs is 5. The Morgan fingerprint density at radius 3 is 2.69 bits per heavy atom. The van der Waals surface area contributed by atoms with Crippen LogP contribution in [0.15, 0.2) is 11.6 Å². The molecule has 0 aromatic carbocycles. The molecule has 2 fully saturated rings. The fraction of sp³-hybridized carbons (Fsp3) is 0.800. The summed E-state index contributed by atoms with van der Waals surface area (Å²) in [6, 6.07) is 0. The predicted octanol–water partition coefficient (Wildman–Crippen LogP) is 3.45. The Balaban J connectivity index is 1.97. The highest BCUT2D eigenvalue weighted by atomic mass is 16.1. The first-order valence-corrected chi connectivity index (χ1v) is 6.78. The van der Waals surface area contributed by atoms with E-state index in [1.165, 1.54) is 24.8 Å². The molecule has 0 aromatic rings. The summed E-state index contributed by atoms with van der Waals surface area (Å²) in [7, 11) is 0. The van der Waals surface area contributed by atoms with Crippen molar-refractivity contribution in [3.8, 4) is 0 Å². The minimum atomic E-state index is 0.223. The Morgan fingerprint density at radius 2 is 2.00 bits per heavy atom. The maximum atomic E-state index is 11.8. The summed E-state index contributed by atoms with van der Waals surface area (Å²) in [4.78, 5) is 11.8. The fourth-order valence-electron chi connectivity index (χ4n) is 5.14. The highest BCUT2D eigenvalue weighted by Gasteiger charge is 2.52. The summed E-state index contributed by atoms with van der Waals surface area (Å²) in [6.45, 7) is 6.26. The molecule has 0 saturated heterocycles. The Labute approximate surface area is 98.3 Å². The van der Waals surface area contributed by atoms with Gasteiger partial charge in [0.2, 0.25) is 0 Å². The molecule has 88 valence electrons. The average molecular weight is 218 g/mol. The lowest BCUT2D eigenvalue weighted by atomic mass is 9.62. The molecule has 0 heterocycles. The van der Waals surface area contributed by atoms with Crippen LogP contribution in [0, 0.1) is 35.5 Å². The number of allylic oxidation sites excluding steroid dienone is 2. The highest BCUT2D eigenvalue weighted by Crippen LogP contribution is 2.59. The van der Waals surface area contributed by atoms with Gasteiger partial charge in [0, 0.05) is 5.92 Å². The minimum Gasteiger partial charge on any atom is -0.299 e. The minimum absolute atomic E-state index is 0.223. The van der Waals surface area contributed by atoms with Gasteiger partial charge in [-0.15, -0.1) is 0 Å². The fourth-order valence-corrected chi connectivity index (χ4v) is 5.14. The van der Waals surface area contributed by atoms with Gasteiger partial charge in [0.15, 0.2) is 0 Å². The van der Waals surface area contributed by atoms with Gasteiger partial charge in [-0.3, -0.25) is 4.79 Å². The summed E-state index contributed by atoms with van der Waals surface area (Å²) in [5, 5.41) is 0. The monoisotopic (exact) mass is 218 g/mol. The molecule has 0 radical (unpaired) electrons. The van der Waals surface area contributed by atoms with Crippen LogP contribution in [0.4, 0.5) is 0 Å². The first kappa shape index (κ1) is 10.6. The molecule has 6 atom stereocenters. The van der Waals surface area contributed by atoms with Crippen LogP contribution in [-0.2, 0) is 4.79 Å². The average Bonchev–Trinajstić information content (AvgIpc) is 2.76. The maximum Gasteiger partial charge on any atom is 0.137 e. The molecule has 0 amide bonds. The van der Waals surface area contributed by atoms with Gasteiger partial charge >= 0.3 is 0 Å². The molecule has 1 nitrogen and oxygen atoms in total. The smallest absolute Gasteiger partial charge is 0.137 e.